The largest absolute Gasteiger partial charge is 0.508 e. The van der Waals surface area contributed by atoms with Crippen LogP contribution in [0.25, 0.3) is 0 Å². The Kier molecular flexibility index (Phi) is 17.4. The van der Waals surface area contributed by atoms with Gasteiger partial charge >= 0.3 is 0 Å². The fourth-order valence-electron chi connectivity index (χ4n) is 7.34. The number of ether oxygens (including phenoxy) is 1. The number of ketones is 2. The molecule has 2 aliphatic rings. The quantitative estimate of drug-likeness (QED) is 0.148. The van der Waals surface area contributed by atoms with E-state index in [0.717, 1.165) is 70.6 Å². The number of aryl methyl sites for hydroxylation is 1. The van der Waals surface area contributed by atoms with Crippen LogP contribution in [-0.4, -0.2) is 32.5 Å². The van der Waals surface area contributed by atoms with Gasteiger partial charge in [0.05, 0.1) is 0 Å². The van der Waals surface area contributed by atoms with Gasteiger partial charge in [-0.05, 0) is 158 Å². The monoisotopic (exact) mass is 733 g/mol. The Morgan fingerprint density at radius 2 is 1.21 bits per heavy atom. The van der Waals surface area contributed by atoms with E-state index < -0.39 is 0 Å². The molecular weight excluding hydrogens is 661 g/mol. The lowest BCUT2D eigenvalue weighted by molar-refractivity contribution is -0.115. The zero-order valence-electron chi connectivity index (χ0n) is 35.7. The highest BCUT2D eigenvalue weighted by Crippen LogP contribution is 2.44. The summed E-state index contributed by atoms with van der Waals surface area (Å²) < 4.78 is 6.60. The molecule has 2 aromatic rings. The van der Waals surface area contributed by atoms with E-state index in [2.05, 4.69) is 41.5 Å². The van der Waals surface area contributed by atoms with Gasteiger partial charge in [-0.1, -0.05) is 72.6 Å². The lowest BCUT2D eigenvalue weighted by atomic mass is 9.84. The summed E-state index contributed by atoms with van der Waals surface area (Å²) in [6.45, 7) is 28.3. The van der Waals surface area contributed by atoms with Crippen LogP contribution in [0.5, 0.6) is 23.0 Å². The predicted octanol–water partition coefficient (Wildman–Crippen LogP) is 12.3. The molecule has 0 spiro atoms. The summed E-state index contributed by atoms with van der Waals surface area (Å²) in [6, 6.07) is 1.57. The molecule has 4 rings (SSSR count). The molecule has 296 valence electrons. The van der Waals surface area contributed by atoms with Gasteiger partial charge in [0, 0.05) is 22.3 Å². The number of hydrogen-bond donors (Lipinski definition) is 3. The van der Waals surface area contributed by atoms with Crippen molar-refractivity contribution >= 4 is 11.6 Å². The average molecular weight is 733 g/mol. The number of allylic oxidation sites excluding steroid dienone is 4. The van der Waals surface area contributed by atoms with E-state index in [4.69, 9.17) is 4.74 Å². The molecule has 3 atom stereocenters. The molecule has 3 N–H and O–H groups in total. The highest BCUT2D eigenvalue weighted by molar-refractivity contribution is 6.21. The molecule has 0 saturated carbocycles. The summed E-state index contributed by atoms with van der Waals surface area (Å²) in [5.41, 5.74) is 8.13. The zero-order chi connectivity index (χ0) is 40.4. The van der Waals surface area contributed by atoms with Crippen LogP contribution in [-0.2, 0) is 16.0 Å². The van der Waals surface area contributed by atoms with Crippen molar-refractivity contribution in [3.63, 3.8) is 0 Å². The number of carbonyl (C=O) groups is 2. The normalized spacial score (nSPS) is 18.0. The van der Waals surface area contributed by atoms with Gasteiger partial charge in [0.1, 0.15) is 28.6 Å². The average Bonchev–Trinajstić information content (AvgIpc) is 3.10. The summed E-state index contributed by atoms with van der Waals surface area (Å²) in [4.78, 5) is 22.3. The zero-order valence-corrected chi connectivity index (χ0v) is 35.7. The Labute approximate surface area is 322 Å². The topological polar surface area (TPSA) is 104 Å². The van der Waals surface area contributed by atoms with Crippen molar-refractivity contribution < 1.29 is 29.6 Å². The van der Waals surface area contributed by atoms with Crippen LogP contribution in [0.3, 0.4) is 0 Å². The third kappa shape index (κ3) is 12.8. The van der Waals surface area contributed by atoms with Crippen molar-refractivity contribution in [1.29, 1.82) is 0 Å². The van der Waals surface area contributed by atoms with Crippen LogP contribution < -0.4 is 4.74 Å². The first-order valence-electron chi connectivity index (χ1n) is 20.1. The first-order chi connectivity index (χ1) is 24.6. The molecule has 1 aliphatic heterocycles. The van der Waals surface area contributed by atoms with Gasteiger partial charge in [0.25, 0.3) is 0 Å². The Balaban J connectivity index is 0.000000356. The third-order valence-electron chi connectivity index (χ3n) is 11.9. The molecule has 2 aromatic carbocycles. The highest BCUT2D eigenvalue weighted by Gasteiger charge is 2.34. The first-order valence-corrected chi connectivity index (χ1v) is 20.1. The van der Waals surface area contributed by atoms with Crippen molar-refractivity contribution in [2.75, 3.05) is 0 Å². The van der Waals surface area contributed by atoms with Gasteiger partial charge in [-0.15, -0.1) is 0 Å². The minimum Gasteiger partial charge on any atom is -0.508 e. The number of rotatable bonds is 12. The van der Waals surface area contributed by atoms with Crippen molar-refractivity contribution in [3.05, 3.63) is 67.8 Å². The molecule has 6 nitrogen and oxygen atoms in total. The number of phenolic OH excluding ortho intramolecular Hbond substituents is 3. The minimum absolute atomic E-state index is 0.0119. The molecule has 6 heteroatoms. The van der Waals surface area contributed by atoms with Crippen molar-refractivity contribution in [2.24, 2.45) is 17.8 Å². The second-order valence-corrected chi connectivity index (χ2v) is 17.0. The standard InChI is InChI=1S/C29H50O2.C9H12O2.C9H10O2/c1-20(2)12-9-13-21(3)14-10-15-22(4)16-11-18-29(8)19-17-26-25(7)27(30)23(5)24(6)28(26)31-29;2*1-5-4-8(10)6(2)7(3)9(5)11/h20-22,30H,9-19H2,1-8H3;4,10-11H,1-3H3;4H,1-3H3. The number of hydrogen-bond acceptors (Lipinski definition) is 6. The minimum atomic E-state index is -0.0712. The Morgan fingerprint density at radius 1 is 0.679 bits per heavy atom. The van der Waals surface area contributed by atoms with Gasteiger partial charge in [-0.3, -0.25) is 9.59 Å². The summed E-state index contributed by atoms with van der Waals surface area (Å²) in [5, 5.41) is 29.1. The molecule has 0 radical (unpaired) electrons. The fraction of sp³-hybridized carbons (Fsp3) is 0.617. The maximum absolute atomic E-state index is 11.2. The van der Waals surface area contributed by atoms with E-state index in [1.807, 2.05) is 13.8 Å². The van der Waals surface area contributed by atoms with Crippen LogP contribution in [0, 0.1) is 59.3 Å². The van der Waals surface area contributed by atoms with Crippen LogP contribution >= 0.6 is 0 Å². The predicted molar refractivity (Wildman–Crippen MR) is 221 cm³/mol. The number of benzene rings is 2. The van der Waals surface area contributed by atoms with Crippen LogP contribution in [0.4, 0.5) is 0 Å². The van der Waals surface area contributed by atoms with Crippen molar-refractivity contribution in [2.45, 2.75) is 173 Å². The second kappa shape index (κ2) is 20.2. The summed E-state index contributed by atoms with van der Waals surface area (Å²) in [7, 11) is 0. The third-order valence-corrected chi connectivity index (χ3v) is 11.9. The van der Waals surface area contributed by atoms with E-state index in [0.29, 0.717) is 28.0 Å². The number of fused-ring (bicyclic) bond motifs is 1. The molecule has 0 saturated heterocycles. The van der Waals surface area contributed by atoms with Crippen molar-refractivity contribution in [3.8, 4) is 23.0 Å². The Morgan fingerprint density at radius 3 is 1.77 bits per heavy atom. The maximum Gasteiger partial charge on any atom is 0.184 e. The number of Topliss-reactive ketones (excluding diaryl/α,β-unsaturated/α-hetero) is 1. The van der Waals surface area contributed by atoms with Gasteiger partial charge in [-0.2, -0.15) is 0 Å². The maximum atomic E-state index is 11.2. The SMILES string of the molecule is CC1=CC(=O)C(C)=C(C)C1=O.Cc1c(C)c2c(c(C)c1O)CCC(C)(CCCC(C)CCCC(C)CCCC(C)C)O2.Cc1cc(O)c(C)c(C)c1O. The number of aromatic hydroxyl groups is 3. The summed E-state index contributed by atoms with van der Waals surface area (Å²) >= 11 is 0. The Bertz CT molecular complexity index is 1630. The molecule has 0 fully saturated rings. The molecule has 0 amide bonds. The van der Waals surface area contributed by atoms with E-state index in [1.165, 1.54) is 63.0 Å². The summed E-state index contributed by atoms with van der Waals surface area (Å²) in [5.74, 6) is 4.51. The van der Waals surface area contributed by atoms with E-state index in [9.17, 15) is 24.9 Å². The lowest BCUT2D eigenvalue weighted by Gasteiger charge is -2.38. The van der Waals surface area contributed by atoms with E-state index >= 15 is 0 Å². The van der Waals surface area contributed by atoms with Crippen LogP contribution in [0.15, 0.2) is 28.9 Å². The first kappa shape index (κ1) is 45.6. The van der Waals surface area contributed by atoms with Gasteiger partial charge < -0.3 is 20.1 Å². The van der Waals surface area contributed by atoms with Crippen molar-refractivity contribution in [1.82, 2.24) is 0 Å². The highest BCUT2D eigenvalue weighted by atomic mass is 16.5. The van der Waals surface area contributed by atoms with Crippen LogP contribution in [0.1, 0.15) is 159 Å². The van der Waals surface area contributed by atoms with E-state index in [-0.39, 0.29) is 28.7 Å². The molecule has 0 aromatic heterocycles. The number of phenols is 3. The lowest BCUT2D eigenvalue weighted by Crippen LogP contribution is -2.37. The molecular formula is C47H72O6. The Hall–Kier alpha value is -3.54. The molecule has 1 aliphatic carbocycles. The van der Waals surface area contributed by atoms with Gasteiger partial charge in [-0.25, -0.2) is 0 Å². The molecule has 1 heterocycles. The number of carbonyl (C=O) groups excluding carboxylic acids is 2. The van der Waals surface area contributed by atoms with Gasteiger partial charge in [0.15, 0.2) is 11.6 Å². The van der Waals surface area contributed by atoms with Gasteiger partial charge in [0.2, 0.25) is 0 Å². The van der Waals surface area contributed by atoms with E-state index in [1.54, 1.807) is 47.6 Å². The molecule has 53 heavy (non-hydrogen) atoms. The molecule has 0 bridgehead atoms. The smallest absolute Gasteiger partial charge is 0.184 e. The summed E-state index contributed by atoms with van der Waals surface area (Å²) in [6.07, 6.45) is 15.4. The fourth-order valence-corrected chi connectivity index (χ4v) is 7.34. The second-order valence-electron chi connectivity index (χ2n) is 17.0. The molecule has 3 unspecified atom stereocenters. The van der Waals surface area contributed by atoms with Crippen LogP contribution in [0.2, 0.25) is 0 Å².